The number of carbonyl (C=O) groups is 2. The summed E-state index contributed by atoms with van der Waals surface area (Å²) < 4.78 is 11.0. The molecule has 0 unspecified atom stereocenters. The molecule has 0 aromatic heterocycles. The van der Waals surface area contributed by atoms with Crippen LogP contribution in [-0.2, 0) is 9.59 Å². The Hall–Kier alpha value is -2.76. The fourth-order valence-electron chi connectivity index (χ4n) is 4.96. The largest absolute Gasteiger partial charge is 0.454 e. The quantitative estimate of drug-likeness (QED) is 0.833. The molecule has 3 heterocycles. The van der Waals surface area contributed by atoms with Gasteiger partial charge in [0.05, 0.1) is 0 Å². The van der Waals surface area contributed by atoms with Crippen molar-refractivity contribution in [2.75, 3.05) is 19.9 Å². The number of nitrogens with zero attached hydrogens (tertiary/aromatic N) is 1. The van der Waals surface area contributed by atoms with E-state index in [1.165, 1.54) is 6.42 Å². The fraction of sp³-hybridized carbons (Fsp3) is 0.478. The van der Waals surface area contributed by atoms with Crippen LogP contribution in [0.5, 0.6) is 11.5 Å². The standard InChI is InChI=1S/C23H26N2O4/c1-14-20(23(27)25-10-3-2-4-11-25)21(22-16(24-14)6-5-7-17(22)26)15-8-9-18-19(12-15)29-13-28-18/h8-9,12,21,24H,2-7,10-11,13H2,1H3/t21-/m1/s1. The summed E-state index contributed by atoms with van der Waals surface area (Å²) in [7, 11) is 0. The van der Waals surface area contributed by atoms with Crippen molar-refractivity contribution in [3.8, 4) is 11.5 Å². The van der Waals surface area contributed by atoms with Gasteiger partial charge in [0.15, 0.2) is 17.3 Å². The van der Waals surface area contributed by atoms with Crippen LogP contribution in [-0.4, -0.2) is 36.5 Å². The van der Waals surface area contributed by atoms with Crippen molar-refractivity contribution in [3.63, 3.8) is 0 Å². The van der Waals surface area contributed by atoms with Crippen LogP contribution in [0.25, 0.3) is 0 Å². The van der Waals surface area contributed by atoms with E-state index < -0.39 is 0 Å². The van der Waals surface area contributed by atoms with Gasteiger partial charge >= 0.3 is 0 Å². The van der Waals surface area contributed by atoms with Gasteiger partial charge in [0.1, 0.15) is 0 Å². The second-order valence-electron chi connectivity index (χ2n) is 8.23. The Balaban J connectivity index is 1.61. The van der Waals surface area contributed by atoms with Gasteiger partial charge in [0.25, 0.3) is 5.91 Å². The summed E-state index contributed by atoms with van der Waals surface area (Å²) in [5.74, 6) is 1.20. The number of hydrogen-bond acceptors (Lipinski definition) is 5. The number of piperidine rings is 1. The highest BCUT2D eigenvalue weighted by Gasteiger charge is 2.40. The van der Waals surface area contributed by atoms with E-state index in [0.29, 0.717) is 23.5 Å². The molecular formula is C23H26N2O4. The molecule has 1 saturated heterocycles. The lowest BCUT2D eigenvalue weighted by Crippen LogP contribution is -2.42. The first-order chi connectivity index (χ1) is 14.1. The summed E-state index contributed by atoms with van der Waals surface area (Å²) in [6.45, 7) is 3.72. The minimum absolute atomic E-state index is 0.0438. The summed E-state index contributed by atoms with van der Waals surface area (Å²) >= 11 is 0. The molecule has 3 aliphatic heterocycles. The molecule has 1 amide bonds. The molecule has 0 bridgehead atoms. The molecule has 1 fully saturated rings. The van der Waals surface area contributed by atoms with E-state index in [0.717, 1.165) is 61.3 Å². The third-order valence-electron chi connectivity index (χ3n) is 6.38. The lowest BCUT2D eigenvalue weighted by atomic mass is 9.74. The number of carbonyl (C=O) groups excluding carboxylic acids is 2. The van der Waals surface area contributed by atoms with Crippen molar-refractivity contribution in [2.45, 2.75) is 51.4 Å². The lowest BCUT2D eigenvalue weighted by Gasteiger charge is -2.37. The number of nitrogens with one attached hydrogen (secondary N) is 1. The highest BCUT2D eigenvalue weighted by Crippen LogP contribution is 2.45. The van der Waals surface area contributed by atoms with Crippen molar-refractivity contribution in [1.82, 2.24) is 10.2 Å². The molecule has 1 aliphatic carbocycles. The zero-order valence-electron chi connectivity index (χ0n) is 16.8. The average Bonchev–Trinajstić information content (AvgIpc) is 3.21. The molecule has 1 atom stereocenters. The molecule has 0 radical (unpaired) electrons. The van der Waals surface area contributed by atoms with Crippen LogP contribution < -0.4 is 14.8 Å². The predicted octanol–water partition coefficient (Wildman–Crippen LogP) is 3.40. The minimum atomic E-state index is -0.358. The van der Waals surface area contributed by atoms with Crippen LogP contribution >= 0.6 is 0 Å². The minimum Gasteiger partial charge on any atom is -0.454 e. The van der Waals surface area contributed by atoms with Crippen LogP contribution in [0.2, 0.25) is 0 Å². The van der Waals surface area contributed by atoms with E-state index in [2.05, 4.69) is 5.32 Å². The second kappa shape index (κ2) is 7.25. The van der Waals surface area contributed by atoms with Gasteiger partial charge in [0, 0.05) is 48.0 Å². The topological polar surface area (TPSA) is 67.9 Å². The number of hydrogen-bond donors (Lipinski definition) is 1. The average molecular weight is 394 g/mol. The number of fused-ring (bicyclic) bond motifs is 1. The summed E-state index contributed by atoms with van der Waals surface area (Å²) in [5.41, 5.74) is 4.19. The van der Waals surface area contributed by atoms with Gasteiger partial charge in [-0.3, -0.25) is 9.59 Å². The smallest absolute Gasteiger partial charge is 0.252 e. The normalized spacial score (nSPS) is 23.8. The number of rotatable bonds is 2. The summed E-state index contributed by atoms with van der Waals surface area (Å²) in [5, 5.41) is 3.41. The lowest BCUT2D eigenvalue weighted by molar-refractivity contribution is -0.128. The first kappa shape index (κ1) is 18.3. The van der Waals surface area contributed by atoms with Gasteiger partial charge in [-0.25, -0.2) is 0 Å². The van der Waals surface area contributed by atoms with Crippen molar-refractivity contribution >= 4 is 11.7 Å². The van der Waals surface area contributed by atoms with Crippen molar-refractivity contribution in [3.05, 3.63) is 46.3 Å². The van der Waals surface area contributed by atoms with Crippen molar-refractivity contribution in [1.29, 1.82) is 0 Å². The maximum absolute atomic E-state index is 13.6. The number of benzene rings is 1. The van der Waals surface area contributed by atoms with Crippen molar-refractivity contribution < 1.29 is 19.1 Å². The third-order valence-corrected chi connectivity index (χ3v) is 6.38. The number of Topliss-reactive ketones (excluding diaryl/α,β-unsaturated/α-hetero) is 1. The zero-order valence-corrected chi connectivity index (χ0v) is 16.8. The monoisotopic (exact) mass is 394 g/mol. The molecule has 0 spiro atoms. The molecule has 1 N–H and O–H groups in total. The van der Waals surface area contributed by atoms with Crippen LogP contribution in [0.1, 0.15) is 56.9 Å². The number of ether oxygens (including phenoxy) is 2. The van der Waals surface area contributed by atoms with Gasteiger partial charge in [0.2, 0.25) is 6.79 Å². The second-order valence-corrected chi connectivity index (χ2v) is 8.23. The number of dihydropyridines is 1. The van der Waals surface area contributed by atoms with Gasteiger partial charge in [-0.05, 0) is 56.7 Å². The molecule has 6 nitrogen and oxygen atoms in total. The molecular weight excluding hydrogens is 368 g/mol. The number of ketones is 1. The maximum Gasteiger partial charge on any atom is 0.252 e. The Kier molecular flexibility index (Phi) is 4.57. The number of amides is 1. The molecule has 4 aliphatic rings. The van der Waals surface area contributed by atoms with Gasteiger partial charge in [-0.2, -0.15) is 0 Å². The molecule has 29 heavy (non-hydrogen) atoms. The summed E-state index contributed by atoms with van der Waals surface area (Å²) in [4.78, 5) is 28.5. The Morgan fingerprint density at radius 1 is 1.07 bits per heavy atom. The van der Waals surface area contributed by atoms with E-state index >= 15 is 0 Å². The maximum atomic E-state index is 13.6. The van der Waals surface area contributed by atoms with Gasteiger partial charge in [-0.15, -0.1) is 0 Å². The summed E-state index contributed by atoms with van der Waals surface area (Å²) in [6.07, 6.45) is 5.46. The van der Waals surface area contributed by atoms with E-state index in [9.17, 15) is 9.59 Å². The van der Waals surface area contributed by atoms with Crippen LogP contribution in [0.4, 0.5) is 0 Å². The third kappa shape index (κ3) is 3.11. The van der Waals surface area contributed by atoms with Crippen LogP contribution in [0, 0.1) is 0 Å². The first-order valence-electron chi connectivity index (χ1n) is 10.6. The first-order valence-corrected chi connectivity index (χ1v) is 10.6. The highest BCUT2D eigenvalue weighted by atomic mass is 16.7. The highest BCUT2D eigenvalue weighted by molar-refractivity contribution is 6.05. The summed E-state index contributed by atoms with van der Waals surface area (Å²) in [6, 6.07) is 5.78. The SMILES string of the molecule is CC1=C(C(=O)N2CCCCC2)[C@@H](c2ccc3c(c2)OCO3)C2=C(CCCC2=O)N1. The van der Waals surface area contributed by atoms with E-state index in [-0.39, 0.29) is 24.4 Å². The van der Waals surface area contributed by atoms with Crippen molar-refractivity contribution in [2.24, 2.45) is 0 Å². The molecule has 1 aromatic rings. The Morgan fingerprint density at radius 2 is 1.86 bits per heavy atom. The molecule has 152 valence electrons. The molecule has 6 heteroatoms. The van der Waals surface area contributed by atoms with Crippen LogP contribution in [0.15, 0.2) is 40.7 Å². The van der Waals surface area contributed by atoms with E-state index in [1.54, 1.807) is 0 Å². The van der Waals surface area contributed by atoms with E-state index in [1.807, 2.05) is 30.0 Å². The van der Waals surface area contributed by atoms with Gasteiger partial charge < -0.3 is 19.7 Å². The number of allylic oxidation sites excluding steroid dienone is 3. The van der Waals surface area contributed by atoms with Crippen LogP contribution in [0.3, 0.4) is 0 Å². The number of likely N-dealkylation sites (tertiary alicyclic amines) is 1. The van der Waals surface area contributed by atoms with E-state index in [4.69, 9.17) is 9.47 Å². The molecule has 1 aromatic carbocycles. The van der Waals surface area contributed by atoms with Gasteiger partial charge in [-0.1, -0.05) is 6.07 Å². The fourth-order valence-corrected chi connectivity index (χ4v) is 4.96. The molecule has 0 saturated carbocycles. The molecule has 5 rings (SSSR count). The Labute approximate surface area is 170 Å². The zero-order chi connectivity index (χ0) is 20.0. The Bertz CT molecular complexity index is 940. The predicted molar refractivity (Wildman–Crippen MR) is 107 cm³/mol. The Morgan fingerprint density at radius 3 is 2.69 bits per heavy atom.